The highest BCUT2D eigenvalue weighted by atomic mass is 19.3. The van der Waals surface area contributed by atoms with Crippen molar-refractivity contribution in [1.29, 1.82) is 0 Å². The fraction of sp³-hybridized carbons (Fsp3) is 0.263. The predicted molar refractivity (Wildman–Crippen MR) is 86.9 cm³/mol. The van der Waals surface area contributed by atoms with Crippen LogP contribution in [0, 0.1) is 0 Å². The summed E-state index contributed by atoms with van der Waals surface area (Å²) >= 11 is 0. The van der Waals surface area contributed by atoms with Gasteiger partial charge < -0.3 is 14.6 Å². The molecule has 0 spiro atoms. The van der Waals surface area contributed by atoms with E-state index >= 15 is 0 Å². The number of halogens is 2. The second-order valence-corrected chi connectivity index (χ2v) is 5.54. The molecule has 0 radical (unpaired) electrons. The molecule has 0 amide bonds. The number of fused-ring (bicyclic) bond motifs is 1. The minimum absolute atomic E-state index is 0.143. The summed E-state index contributed by atoms with van der Waals surface area (Å²) in [6, 6.07) is 12.3. The molecule has 0 aliphatic heterocycles. The molecular weight excluding hydrogens is 314 g/mol. The van der Waals surface area contributed by atoms with Crippen molar-refractivity contribution in [3.05, 3.63) is 70.8 Å². The molecule has 0 heterocycles. The maximum absolute atomic E-state index is 12.7. The number of benzene rings is 2. The van der Waals surface area contributed by atoms with Crippen LogP contribution in [0.5, 0.6) is 5.75 Å². The lowest BCUT2D eigenvalue weighted by Crippen LogP contribution is -2.08. The number of aryl methyl sites for hydroxylation is 1. The first-order valence-corrected chi connectivity index (χ1v) is 7.68. The Kier molecular flexibility index (Phi) is 4.92. The topological polar surface area (TPSA) is 38.7 Å². The Morgan fingerprint density at radius 2 is 1.88 bits per heavy atom. The zero-order valence-corrected chi connectivity index (χ0v) is 13.2. The van der Waals surface area contributed by atoms with Gasteiger partial charge in [0.25, 0.3) is 0 Å². The number of hydrogen-bond donors (Lipinski definition) is 1. The molecule has 1 atom stereocenters. The normalized spacial score (nSPS) is 15.0. The first-order valence-electron chi connectivity index (χ1n) is 7.68. The van der Waals surface area contributed by atoms with E-state index in [0.717, 1.165) is 29.5 Å². The summed E-state index contributed by atoms with van der Waals surface area (Å²) < 4.78 is 35.0. The van der Waals surface area contributed by atoms with Gasteiger partial charge in [0.05, 0.1) is 0 Å². The quantitative estimate of drug-likeness (QED) is 0.830. The molecule has 2 aromatic carbocycles. The van der Waals surface area contributed by atoms with E-state index in [4.69, 9.17) is 4.74 Å². The molecule has 0 fully saturated rings. The predicted octanol–water partition coefficient (Wildman–Crippen LogP) is 4.30. The average molecular weight is 332 g/mol. The number of methoxy groups -OCH3 is 1. The number of aliphatic hydroxyl groups excluding tert-OH is 1. The number of allylic oxidation sites excluding steroid dienone is 1. The lowest BCUT2D eigenvalue weighted by Gasteiger charge is -2.22. The fourth-order valence-corrected chi connectivity index (χ4v) is 2.98. The average Bonchev–Trinajstić information content (AvgIpc) is 2.60. The van der Waals surface area contributed by atoms with Gasteiger partial charge in [-0.05, 0) is 41.7 Å². The maximum atomic E-state index is 12.7. The summed E-state index contributed by atoms with van der Waals surface area (Å²) in [5.74, 6) is 0.143. The van der Waals surface area contributed by atoms with Crippen LogP contribution >= 0.6 is 0 Å². The van der Waals surface area contributed by atoms with Crippen LogP contribution in [0.2, 0.25) is 0 Å². The second kappa shape index (κ2) is 7.11. The van der Waals surface area contributed by atoms with E-state index in [-0.39, 0.29) is 5.75 Å². The number of ether oxygens (including phenoxy) is 2. The molecule has 1 N–H and O–H groups in total. The van der Waals surface area contributed by atoms with Crippen LogP contribution in [0.3, 0.4) is 0 Å². The number of alkyl halides is 2. The molecule has 0 saturated carbocycles. The zero-order valence-electron chi connectivity index (χ0n) is 13.2. The fourth-order valence-electron chi connectivity index (χ4n) is 2.98. The van der Waals surface area contributed by atoms with Gasteiger partial charge in [0.1, 0.15) is 5.75 Å². The Hall–Kier alpha value is -2.24. The Morgan fingerprint density at radius 1 is 1.08 bits per heavy atom. The van der Waals surface area contributed by atoms with Gasteiger partial charge in [0, 0.05) is 18.2 Å². The van der Waals surface area contributed by atoms with Crippen molar-refractivity contribution in [1.82, 2.24) is 0 Å². The summed E-state index contributed by atoms with van der Waals surface area (Å²) in [6.45, 7) is -2.88. The molecular formula is C19H18F2O3. The molecule has 24 heavy (non-hydrogen) atoms. The monoisotopic (exact) mass is 332 g/mol. The Bertz CT molecular complexity index is 756. The minimum atomic E-state index is -2.88. The van der Waals surface area contributed by atoms with Crippen molar-refractivity contribution in [3.63, 3.8) is 0 Å². The van der Waals surface area contributed by atoms with Gasteiger partial charge in [0.2, 0.25) is 0 Å². The molecule has 126 valence electrons. The molecule has 3 rings (SSSR count). The van der Waals surface area contributed by atoms with Crippen LogP contribution in [0.1, 0.15) is 35.0 Å². The van der Waals surface area contributed by atoms with Gasteiger partial charge in [-0.3, -0.25) is 0 Å². The van der Waals surface area contributed by atoms with E-state index in [1.807, 2.05) is 24.3 Å². The van der Waals surface area contributed by atoms with Crippen molar-refractivity contribution in [2.75, 3.05) is 7.11 Å². The summed E-state index contributed by atoms with van der Waals surface area (Å²) in [5.41, 5.74) is 4.07. The smallest absolute Gasteiger partial charge is 0.387 e. The van der Waals surface area contributed by atoms with Crippen molar-refractivity contribution in [2.45, 2.75) is 25.7 Å². The van der Waals surface area contributed by atoms with Gasteiger partial charge in [-0.25, -0.2) is 0 Å². The molecule has 1 unspecified atom stereocenters. The molecule has 0 aromatic heterocycles. The number of aliphatic hydroxyl groups is 1. The zero-order chi connectivity index (χ0) is 17.1. The van der Waals surface area contributed by atoms with E-state index in [1.54, 1.807) is 18.2 Å². The summed E-state index contributed by atoms with van der Waals surface area (Å²) in [4.78, 5) is 0. The highest BCUT2D eigenvalue weighted by Crippen LogP contribution is 2.37. The van der Waals surface area contributed by atoms with Gasteiger partial charge in [-0.15, -0.1) is 0 Å². The van der Waals surface area contributed by atoms with Crippen molar-refractivity contribution in [2.24, 2.45) is 0 Å². The SMILES string of the molecule is COC(O)c1ccc2c(c1)C(c1ccccc1OC(F)F)=CCC2. The van der Waals surface area contributed by atoms with Crippen LogP contribution in [0.25, 0.3) is 5.57 Å². The van der Waals surface area contributed by atoms with Crippen LogP contribution in [-0.2, 0) is 11.2 Å². The van der Waals surface area contributed by atoms with Crippen molar-refractivity contribution in [3.8, 4) is 5.75 Å². The molecule has 3 nitrogen and oxygen atoms in total. The molecule has 0 saturated heterocycles. The van der Waals surface area contributed by atoms with E-state index in [0.29, 0.717) is 11.1 Å². The van der Waals surface area contributed by atoms with Crippen molar-refractivity contribution >= 4 is 5.57 Å². The van der Waals surface area contributed by atoms with E-state index < -0.39 is 12.9 Å². The van der Waals surface area contributed by atoms with Crippen LogP contribution in [0.15, 0.2) is 48.5 Å². The Balaban J connectivity index is 2.07. The third kappa shape index (κ3) is 3.32. The van der Waals surface area contributed by atoms with Gasteiger partial charge in [0.15, 0.2) is 6.29 Å². The summed E-state index contributed by atoms with van der Waals surface area (Å²) in [6.07, 6.45) is 2.67. The number of rotatable bonds is 5. The van der Waals surface area contributed by atoms with E-state index in [1.165, 1.54) is 13.2 Å². The lowest BCUT2D eigenvalue weighted by molar-refractivity contribution is -0.0769. The van der Waals surface area contributed by atoms with Crippen LogP contribution in [0.4, 0.5) is 8.78 Å². The molecule has 2 aromatic rings. The Labute approximate surface area is 139 Å². The largest absolute Gasteiger partial charge is 0.434 e. The van der Waals surface area contributed by atoms with Gasteiger partial charge in [-0.1, -0.05) is 36.4 Å². The number of para-hydroxylation sites is 1. The van der Waals surface area contributed by atoms with Crippen LogP contribution in [-0.4, -0.2) is 18.8 Å². The van der Waals surface area contributed by atoms with Gasteiger partial charge >= 0.3 is 6.61 Å². The highest BCUT2D eigenvalue weighted by molar-refractivity contribution is 5.85. The van der Waals surface area contributed by atoms with Gasteiger partial charge in [-0.2, -0.15) is 8.78 Å². The Morgan fingerprint density at radius 3 is 2.62 bits per heavy atom. The van der Waals surface area contributed by atoms with Crippen molar-refractivity contribution < 1.29 is 23.4 Å². The number of hydrogen-bond acceptors (Lipinski definition) is 3. The van der Waals surface area contributed by atoms with Crippen LogP contribution < -0.4 is 4.74 Å². The third-order valence-electron chi connectivity index (χ3n) is 4.09. The highest BCUT2D eigenvalue weighted by Gasteiger charge is 2.20. The van der Waals surface area contributed by atoms with E-state index in [9.17, 15) is 13.9 Å². The molecule has 5 heteroatoms. The molecule has 1 aliphatic carbocycles. The molecule has 0 bridgehead atoms. The summed E-state index contributed by atoms with van der Waals surface area (Å²) in [7, 11) is 1.42. The standard InChI is InChI=1S/C19H18F2O3/c1-23-18(22)13-10-9-12-5-4-7-14(16(12)11-13)15-6-2-3-8-17(15)24-19(20)21/h2-3,6-11,18-19,22H,4-5H2,1H3. The first kappa shape index (κ1) is 16.6. The molecule has 1 aliphatic rings. The second-order valence-electron chi connectivity index (χ2n) is 5.54. The minimum Gasteiger partial charge on any atom is -0.434 e. The van der Waals surface area contributed by atoms with E-state index in [2.05, 4.69) is 4.74 Å². The third-order valence-corrected chi connectivity index (χ3v) is 4.09. The summed E-state index contributed by atoms with van der Waals surface area (Å²) in [5, 5.41) is 9.90. The lowest BCUT2D eigenvalue weighted by atomic mass is 9.85. The first-order chi connectivity index (χ1) is 11.6. The maximum Gasteiger partial charge on any atom is 0.387 e.